The third kappa shape index (κ3) is 6.88. The second kappa shape index (κ2) is 11.8. The van der Waals surface area contributed by atoms with Gasteiger partial charge in [0, 0.05) is 17.9 Å². The van der Waals surface area contributed by atoms with Crippen molar-refractivity contribution in [2.24, 2.45) is 11.7 Å². The topological polar surface area (TPSA) is 67.1 Å². The lowest BCUT2D eigenvalue weighted by molar-refractivity contribution is -0.117. The third-order valence-electron chi connectivity index (χ3n) is 5.28. The highest BCUT2D eigenvalue weighted by Crippen LogP contribution is 2.29. The van der Waals surface area contributed by atoms with E-state index in [1.165, 1.54) is 11.1 Å². The first-order chi connectivity index (χ1) is 14.3. The van der Waals surface area contributed by atoms with E-state index in [0.29, 0.717) is 24.8 Å². The number of nitrogens with two attached hydrogens (primary N) is 1. The molecule has 0 radical (unpaired) electrons. The third-order valence-corrected chi connectivity index (χ3v) is 5.28. The Labute approximate surface area is 182 Å². The van der Waals surface area contributed by atoms with Crippen LogP contribution in [0.2, 0.25) is 0 Å². The van der Waals surface area contributed by atoms with E-state index in [2.05, 4.69) is 75.6 Å². The summed E-state index contributed by atoms with van der Waals surface area (Å²) in [6, 6.07) is 14.5. The predicted molar refractivity (Wildman–Crippen MR) is 129 cm³/mol. The SMILES string of the molecule is CCCNc1ccc(NC(=O)C(CCN)c2cccc(CC(C)C)c2)cc1C(C)C. The molecule has 0 heterocycles. The van der Waals surface area contributed by atoms with Gasteiger partial charge in [0.1, 0.15) is 0 Å². The molecule has 4 nitrogen and oxygen atoms in total. The first-order valence-electron chi connectivity index (χ1n) is 11.3. The summed E-state index contributed by atoms with van der Waals surface area (Å²) in [6.45, 7) is 12.3. The number of carbonyl (C=O) groups excluding carboxylic acids is 1. The first kappa shape index (κ1) is 23.9. The van der Waals surface area contributed by atoms with Crippen LogP contribution in [0.4, 0.5) is 11.4 Å². The molecule has 164 valence electrons. The molecular weight excluding hydrogens is 370 g/mol. The Kier molecular flexibility index (Phi) is 9.38. The fraction of sp³-hybridized carbons (Fsp3) is 0.500. The lowest BCUT2D eigenvalue weighted by Gasteiger charge is -2.20. The fourth-order valence-electron chi connectivity index (χ4n) is 3.79. The molecule has 0 fully saturated rings. The number of anilines is 2. The van der Waals surface area contributed by atoms with E-state index >= 15 is 0 Å². The maximum atomic E-state index is 13.2. The van der Waals surface area contributed by atoms with Gasteiger partial charge in [-0.25, -0.2) is 0 Å². The molecular formula is C26H39N3O. The Bertz CT molecular complexity index is 814. The van der Waals surface area contributed by atoms with Gasteiger partial charge < -0.3 is 16.4 Å². The zero-order valence-corrected chi connectivity index (χ0v) is 19.3. The van der Waals surface area contributed by atoms with Crippen LogP contribution >= 0.6 is 0 Å². The van der Waals surface area contributed by atoms with Gasteiger partial charge in [-0.2, -0.15) is 0 Å². The zero-order chi connectivity index (χ0) is 22.1. The van der Waals surface area contributed by atoms with Crippen LogP contribution in [0.25, 0.3) is 0 Å². The van der Waals surface area contributed by atoms with Crippen LogP contribution in [-0.4, -0.2) is 19.0 Å². The number of rotatable bonds is 11. The van der Waals surface area contributed by atoms with Crippen molar-refractivity contribution in [2.45, 2.75) is 65.7 Å². The van der Waals surface area contributed by atoms with Crippen LogP contribution in [0, 0.1) is 5.92 Å². The summed E-state index contributed by atoms with van der Waals surface area (Å²) in [4.78, 5) is 13.2. The lowest BCUT2D eigenvalue weighted by atomic mass is 9.91. The zero-order valence-electron chi connectivity index (χ0n) is 19.3. The first-order valence-corrected chi connectivity index (χ1v) is 11.3. The standard InChI is InChI=1S/C26H39N3O/c1-6-14-28-25-11-10-22(17-24(25)19(4)5)29-26(30)23(12-13-27)21-9-7-8-20(16-21)15-18(2)3/h7-11,16-19,23,28H,6,12-15,27H2,1-5H3,(H,29,30). The van der Waals surface area contributed by atoms with Crippen molar-refractivity contribution in [3.05, 3.63) is 59.2 Å². The van der Waals surface area contributed by atoms with Gasteiger partial charge in [0.2, 0.25) is 5.91 Å². The summed E-state index contributed by atoms with van der Waals surface area (Å²) >= 11 is 0. The van der Waals surface area contributed by atoms with Crippen LogP contribution in [0.15, 0.2) is 42.5 Å². The Morgan fingerprint density at radius 2 is 1.83 bits per heavy atom. The summed E-state index contributed by atoms with van der Waals surface area (Å²) in [5.41, 5.74) is 11.4. The molecule has 4 heteroatoms. The minimum Gasteiger partial charge on any atom is -0.385 e. The molecule has 2 aromatic carbocycles. The monoisotopic (exact) mass is 409 g/mol. The van der Waals surface area contributed by atoms with Crippen LogP contribution in [-0.2, 0) is 11.2 Å². The van der Waals surface area contributed by atoms with Crippen LogP contribution in [0.3, 0.4) is 0 Å². The van der Waals surface area contributed by atoms with Gasteiger partial charge in [0.15, 0.2) is 0 Å². The van der Waals surface area contributed by atoms with E-state index in [-0.39, 0.29) is 11.8 Å². The van der Waals surface area contributed by atoms with E-state index in [1.807, 2.05) is 12.1 Å². The number of hydrogen-bond donors (Lipinski definition) is 3. The van der Waals surface area contributed by atoms with E-state index in [0.717, 1.165) is 36.3 Å². The minimum absolute atomic E-state index is 0.00567. The van der Waals surface area contributed by atoms with Crippen molar-refractivity contribution in [1.82, 2.24) is 0 Å². The molecule has 0 aliphatic rings. The molecule has 0 aromatic heterocycles. The Hall–Kier alpha value is -2.33. The molecule has 2 rings (SSSR count). The molecule has 1 unspecified atom stereocenters. The second-order valence-electron chi connectivity index (χ2n) is 8.85. The predicted octanol–water partition coefficient (Wildman–Crippen LogP) is 5.90. The smallest absolute Gasteiger partial charge is 0.231 e. The Morgan fingerprint density at radius 3 is 2.47 bits per heavy atom. The summed E-state index contributed by atoms with van der Waals surface area (Å²) in [5, 5.41) is 6.63. The second-order valence-corrected chi connectivity index (χ2v) is 8.85. The van der Waals surface area contributed by atoms with Gasteiger partial charge in [-0.3, -0.25) is 4.79 Å². The number of nitrogens with one attached hydrogen (secondary N) is 2. The molecule has 4 N–H and O–H groups in total. The molecule has 0 saturated carbocycles. The normalized spacial score (nSPS) is 12.3. The van der Waals surface area contributed by atoms with E-state index in [9.17, 15) is 4.79 Å². The van der Waals surface area contributed by atoms with E-state index in [4.69, 9.17) is 5.73 Å². The molecule has 0 aliphatic carbocycles. The highest BCUT2D eigenvalue weighted by Gasteiger charge is 2.21. The van der Waals surface area contributed by atoms with Crippen molar-refractivity contribution in [1.29, 1.82) is 0 Å². The van der Waals surface area contributed by atoms with Crippen molar-refractivity contribution in [3.63, 3.8) is 0 Å². The molecule has 0 spiro atoms. The van der Waals surface area contributed by atoms with Crippen molar-refractivity contribution < 1.29 is 4.79 Å². The molecule has 1 atom stereocenters. The number of amides is 1. The number of benzene rings is 2. The fourth-order valence-corrected chi connectivity index (χ4v) is 3.79. The summed E-state index contributed by atoms with van der Waals surface area (Å²) in [7, 11) is 0. The summed E-state index contributed by atoms with van der Waals surface area (Å²) in [5.74, 6) is 0.707. The summed E-state index contributed by atoms with van der Waals surface area (Å²) in [6.07, 6.45) is 2.71. The maximum Gasteiger partial charge on any atom is 0.231 e. The molecule has 1 amide bonds. The molecule has 2 aromatic rings. The van der Waals surface area contributed by atoms with E-state index < -0.39 is 0 Å². The molecule has 0 bridgehead atoms. The lowest BCUT2D eigenvalue weighted by Crippen LogP contribution is -2.24. The van der Waals surface area contributed by atoms with Crippen molar-refractivity contribution in [3.8, 4) is 0 Å². The van der Waals surface area contributed by atoms with Gasteiger partial charge in [-0.1, -0.05) is 58.9 Å². The van der Waals surface area contributed by atoms with Crippen molar-refractivity contribution in [2.75, 3.05) is 23.7 Å². The maximum absolute atomic E-state index is 13.2. The van der Waals surface area contributed by atoms with Gasteiger partial charge in [0.25, 0.3) is 0 Å². The van der Waals surface area contributed by atoms with Crippen LogP contribution in [0.1, 0.15) is 76.0 Å². The largest absolute Gasteiger partial charge is 0.385 e. The van der Waals surface area contributed by atoms with Gasteiger partial charge in [0.05, 0.1) is 5.92 Å². The quantitative estimate of drug-likeness (QED) is 0.433. The van der Waals surface area contributed by atoms with Gasteiger partial charge in [-0.15, -0.1) is 0 Å². The van der Waals surface area contributed by atoms with Crippen LogP contribution < -0.4 is 16.4 Å². The highest BCUT2D eigenvalue weighted by molar-refractivity contribution is 5.96. The summed E-state index contributed by atoms with van der Waals surface area (Å²) < 4.78 is 0. The Morgan fingerprint density at radius 1 is 1.07 bits per heavy atom. The molecule has 30 heavy (non-hydrogen) atoms. The van der Waals surface area contributed by atoms with Gasteiger partial charge >= 0.3 is 0 Å². The average molecular weight is 410 g/mol. The number of carbonyl (C=O) groups is 1. The Balaban J connectivity index is 2.23. The number of hydrogen-bond acceptors (Lipinski definition) is 3. The molecule has 0 saturated heterocycles. The van der Waals surface area contributed by atoms with Crippen molar-refractivity contribution >= 4 is 17.3 Å². The highest BCUT2D eigenvalue weighted by atomic mass is 16.1. The minimum atomic E-state index is -0.248. The van der Waals surface area contributed by atoms with Gasteiger partial charge in [-0.05, 0) is 72.5 Å². The van der Waals surface area contributed by atoms with Crippen LogP contribution in [0.5, 0.6) is 0 Å². The average Bonchev–Trinajstić information content (AvgIpc) is 2.70. The van der Waals surface area contributed by atoms with E-state index in [1.54, 1.807) is 0 Å². The molecule has 0 aliphatic heterocycles.